The summed E-state index contributed by atoms with van der Waals surface area (Å²) < 4.78 is 10.9. The van der Waals surface area contributed by atoms with Crippen molar-refractivity contribution in [1.82, 2.24) is 20.1 Å². The number of para-hydroxylation sites is 1. The molecule has 3 heterocycles. The van der Waals surface area contributed by atoms with Crippen molar-refractivity contribution in [2.24, 2.45) is 0 Å². The monoisotopic (exact) mass is 559 g/mol. The highest BCUT2D eigenvalue weighted by atomic mass is 35.5. The molecular formula is C30H30ClN5O4. The summed E-state index contributed by atoms with van der Waals surface area (Å²) in [5.74, 6) is 1.45. The molecular weight excluding hydrogens is 530 g/mol. The highest BCUT2D eigenvalue weighted by Crippen LogP contribution is 2.33. The SMILES string of the molecule is O=C(Nc1ccc(Cl)cc1)NC(Cc1c[nH]c2ccccc12)C(=O)N1CCN(Cc2ccc3c(c2)OCO3)CC1. The van der Waals surface area contributed by atoms with E-state index in [9.17, 15) is 9.59 Å². The summed E-state index contributed by atoms with van der Waals surface area (Å²) in [5, 5.41) is 7.35. The second-order valence-corrected chi connectivity index (χ2v) is 10.4. The minimum absolute atomic E-state index is 0.0979. The molecule has 6 rings (SSSR count). The molecule has 2 aliphatic rings. The molecule has 4 aromatic rings. The molecule has 3 amide bonds. The van der Waals surface area contributed by atoms with Gasteiger partial charge in [0.05, 0.1) is 0 Å². The fourth-order valence-electron chi connectivity index (χ4n) is 5.22. The molecule has 1 unspecified atom stereocenters. The Morgan fingerprint density at radius 1 is 0.950 bits per heavy atom. The molecule has 1 saturated heterocycles. The number of piperazine rings is 1. The summed E-state index contributed by atoms with van der Waals surface area (Å²) in [6.45, 7) is 3.64. The zero-order valence-electron chi connectivity index (χ0n) is 21.9. The standard InChI is InChI=1S/C30H30ClN5O4/c31-22-6-8-23(9-7-22)33-30(38)34-26(16-21-17-32-25-4-2-1-3-24(21)25)29(37)36-13-11-35(12-14-36)18-20-5-10-27-28(15-20)40-19-39-27/h1-10,15,17,26,32H,11-14,16,18-19H2,(H2,33,34,38). The van der Waals surface area contributed by atoms with Gasteiger partial charge in [0.25, 0.3) is 0 Å². The number of anilines is 1. The minimum atomic E-state index is -0.730. The second kappa shape index (κ2) is 11.5. The number of aromatic nitrogens is 1. The number of urea groups is 1. The Morgan fingerprint density at radius 2 is 1.73 bits per heavy atom. The number of halogens is 1. The average molecular weight is 560 g/mol. The van der Waals surface area contributed by atoms with Gasteiger partial charge in [-0.1, -0.05) is 35.9 Å². The molecule has 0 spiro atoms. The molecule has 1 aromatic heterocycles. The molecule has 0 bridgehead atoms. The van der Waals surface area contributed by atoms with Crippen LogP contribution in [0.3, 0.4) is 0 Å². The zero-order valence-corrected chi connectivity index (χ0v) is 22.6. The molecule has 9 nitrogen and oxygen atoms in total. The highest BCUT2D eigenvalue weighted by molar-refractivity contribution is 6.30. The Labute approximate surface area is 237 Å². The van der Waals surface area contributed by atoms with Crippen molar-refractivity contribution in [2.75, 3.05) is 38.3 Å². The van der Waals surface area contributed by atoms with Crippen LogP contribution in [0.2, 0.25) is 5.02 Å². The number of carbonyl (C=O) groups excluding carboxylic acids is 2. The van der Waals surface area contributed by atoms with Crippen LogP contribution in [0.25, 0.3) is 10.9 Å². The lowest BCUT2D eigenvalue weighted by Gasteiger charge is -2.36. The number of rotatable bonds is 7. The Bertz CT molecular complexity index is 1510. The van der Waals surface area contributed by atoms with Gasteiger partial charge in [0.15, 0.2) is 11.5 Å². The maximum absolute atomic E-state index is 13.8. The molecule has 2 aliphatic heterocycles. The van der Waals surface area contributed by atoms with E-state index in [-0.39, 0.29) is 12.7 Å². The van der Waals surface area contributed by atoms with Crippen molar-refractivity contribution in [3.63, 3.8) is 0 Å². The van der Waals surface area contributed by atoms with Crippen LogP contribution in [-0.2, 0) is 17.8 Å². The normalized spacial score (nSPS) is 15.7. The minimum Gasteiger partial charge on any atom is -0.454 e. The quantitative estimate of drug-likeness (QED) is 0.307. The first-order valence-corrected chi connectivity index (χ1v) is 13.7. The summed E-state index contributed by atoms with van der Waals surface area (Å²) in [6.07, 6.45) is 2.28. The molecule has 1 atom stereocenters. The first-order chi connectivity index (χ1) is 19.5. The number of H-pyrrole nitrogens is 1. The van der Waals surface area contributed by atoms with Crippen LogP contribution in [0.4, 0.5) is 10.5 Å². The number of fused-ring (bicyclic) bond motifs is 2. The van der Waals surface area contributed by atoms with Crippen molar-refractivity contribution in [1.29, 1.82) is 0 Å². The summed E-state index contributed by atoms with van der Waals surface area (Å²) in [6, 6.07) is 19.6. The molecule has 3 aromatic carbocycles. The third-order valence-electron chi connectivity index (χ3n) is 7.33. The number of ether oxygens (including phenoxy) is 2. The van der Waals surface area contributed by atoms with Crippen molar-refractivity contribution in [3.8, 4) is 11.5 Å². The van der Waals surface area contributed by atoms with Gasteiger partial charge in [-0.15, -0.1) is 0 Å². The zero-order chi connectivity index (χ0) is 27.5. The molecule has 1 fully saturated rings. The van der Waals surface area contributed by atoms with Crippen LogP contribution in [0.1, 0.15) is 11.1 Å². The van der Waals surface area contributed by atoms with Crippen LogP contribution in [-0.4, -0.2) is 65.7 Å². The predicted octanol–water partition coefficient (Wildman–Crippen LogP) is 4.63. The third kappa shape index (κ3) is 5.85. The third-order valence-corrected chi connectivity index (χ3v) is 7.58. The van der Waals surface area contributed by atoms with Gasteiger partial charge in [-0.25, -0.2) is 4.79 Å². The van der Waals surface area contributed by atoms with Gasteiger partial charge in [0.1, 0.15) is 6.04 Å². The van der Waals surface area contributed by atoms with E-state index in [1.807, 2.05) is 53.6 Å². The number of benzene rings is 3. The molecule has 0 radical (unpaired) electrons. The molecule has 0 aliphatic carbocycles. The predicted molar refractivity (Wildman–Crippen MR) is 154 cm³/mol. The number of hydrogen-bond acceptors (Lipinski definition) is 5. The van der Waals surface area contributed by atoms with Crippen LogP contribution in [0.5, 0.6) is 11.5 Å². The fourth-order valence-corrected chi connectivity index (χ4v) is 5.35. The van der Waals surface area contributed by atoms with Crippen LogP contribution >= 0.6 is 11.6 Å². The van der Waals surface area contributed by atoms with E-state index in [4.69, 9.17) is 21.1 Å². The Hall–Kier alpha value is -4.21. The van der Waals surface area contributed by atoms with E-state index in [1.54, 1.807) is 24.3 Å². The second-order valence-electron chi connectivity index (χ2n) is 10.0. The van der Waals surface area contributed by atoms with E-state index in [1.165, 1.54) is 0 Å². The Morgan fingerprint density at radius 3 is 2.55 bits per heavy atom. The largest absolute Gasteiger partial charge is 0.454 e. The number of nitrogens with zero attached hydrogens (tertiary/aromatic N) is 2. The van der Waals surface area contributed by atoms with E-state index < -0.39 is 12.1 Å². The van der Waals surface area contributed by atoms with Gasteiger partial charge < -0.3 is 30.0 Å². The van der Waals surface area contributed by atoms with Gasteiger partial charge in [-0.05, 0) is 53.6 Å². The summed E-state index contributed by atoms with van der Waals surface area (Å²) in [5.41, 5.74) is 3.70. The lowest BCUT2D eigenvalue weighted by atomic mass is 10.0. The summed E-state index contributed by atoms with van der Waals surface area (Å²) >= 11 is 5.97. The van der Waals surface area contributed by atoms with Gasteiger partial charge in [0.2, 0.25) is 12.7 Å². The Balaban J connectivity index is 1.12. The molecule has 10 heteroatoms. The van der Waals surface area contributed by atoms with E-state index in [0.29, 0.717) is 30.2 Å². The molecule has 206 valence electrons. The van der Waals surface area contributed by atoms with E-state index in [2.05, 4.69) is 20.5 Å². The molecule has 40 heavy (non-hydrogen) atoms. The first-order valence-electron chi connectivity index (χ1n) is 13.3. The molecule has 3 N–H and O–H groups in total. The van der Waals surface area contributed by atoms with Crippen LogP contribution in [0.15, 0.2) is 72.9 Å². The van der Waals surface area contributed by atoms with E-state index in [0.717, 1.165) is 53.2 Å². The number of aromatic amines is 1. The highest BCUT2D eigenvalue weighted by Gasteiger charge is 2.30. The van der Waals surface area contributed by atoms with Crippen LogP contribution < -0.4 is 20.1 Å². The van der Waals surface area contributed by atoms with Crippen molar-refractivity contribution in [2.45, 2.75) is 19.0 Å². The topological polar surface area (TPSA) is 98.9 Å². The van der Waals surface area contributed by atoms with Crippen molar-refractivity contribution < 1.29 is 19.1 Å². The fraction of sp³-hybridized carbons (Fsp3) is 0.267. The van der Waals surface area contributed by atoms with Gasteiger partial charge in [0, 0.05) is 67.0 Å². The van der Waals surface area contributed by atoms with Crippen molar-refractivity contribution in [3.05, 3.63) is 89.1 Å². The number of nitrogens with one attached hydrogen (secondary N) is 3. The lowest BCUT2D eigenvalue weighted by molar-refractivity contribution is -0.135. The smallest absolute Gasteiger partial charge is 0.319 e. The maximum Gasteiger partial charge on any atom is 0.319 e. The number of amides is 3. The van der Waals surface area contributed by atoms with Crippen molar-refractivity contribution >= 4 is 40.1 Å². The van der Waals surface area contributed by atoms with Gasteiger partial charge in [-0.3, -0.25) is 9.69 Å². The van der Waals surface area contributed by atoms with Crippen LogP contribution in [0, 0.1) is 0 Å². The van der Waals surface area contributed by atoms with Gasteiger partial charge in [-0.2, -0.15) is 0 Å². The Kier molecular flexibility index (Phi) is 7.48. The summed E-state index contributed by atoms with van der Waals surface area (Å²) in [7, 11) is 0. The summed E-state index contributed by atoms with van der Waals surface area (Å²) in [4.78, 5) is 34.2. The van der Waals surface area contributed by atoms with E-state index >= 15 is 0 Å². The van der Waals surface area contributed by atoms with Gasteiger partial charge >= 0.3 is 6.03 Å². The number of carbonyl (C=O) groups is 2. The molecule has 0 saturated carbocycles. The average Bonchev–Trinajstić information content (AvgIpc) is 3.61. The maximum atomic E-state index is 13.8. The number of hydrogen-bond donors (Lipinski definition) is 3. The lowest BCUT2D eigenvalue weighted by Crippen LogP contribution is -2.55. The first kappa shape index (κ1) is 26.0.